The molecular weight excluding hydrogens is 322 g/mol. The SMILES string of the molecule is COC(=O)c1sc2nc(C)nc(N3CC4CC=CCC4C3)c2c1C. The van der Waals surface area contributed by atoms with Crippen molar-refractivity contribution < 1.29 is 9.53 Å². The Labute approximate surface area is 145 Å². The van der Waals surface area contributed by atoms with E-state index in [0.717, 1.165) is 53.4 Å². The van der Waals surface area contributed by atoms with E-state index in [0.29, 0.717) is 16.7 Å². The van der Waals surface area contributed by atoms with Gasteiger partial charge in [0.25, 0.3) is 0 Å². The van der Waals surface area contributed by atoms with Crippen LogP contribution in [0.1, 0.15) is 33.9 Å². The summed E-state index contributed by atoms with van der Waals surface area (Å²) >= 11 is 1.40. The molecule has 0 aromatic carbocycles. The average Bonchev–Trinajstić information content (AvgIpc) is 3.15. The summed E-state index contributed by atoms with van der Waals surface area (Å²) in [6, 6.07) is 0. The smallest absolute Gasteiger partial charge is 0.348 e. The molecule has 5 nitrogen and oxygen atoms in total. The Kier molecular flexibility index (Phi) is 3.79. The molecule has 3 heterocycles. The molecule has 0 N–H and O–H groups in total. The van der Waals surface area contributed by atoms with E-state index in [1.165, 1.54) is 18.4 Å². The first-order valence-electron chi connectivity index (χ1n) is 8.34. The van der Waals surface area contributed by atoms with Gasteiger partial charge in [0.2, 0.25) is 0 Å². The molecule has 0 saturated carbocycles. The number of esters is 1. The molecule has 0 spiro atoms. The number of nitrogens with zero attached hydrogens (tertiary/aromatic N) is 3. The van der Waals surface area contributed by atoms with Crippen LogP contribution in [0.4, 0.5) is 5.82 Å². The molecule has 1 saturated heterocycles. The van der Waals surface area contributed by atoms with Gasteiger partial charge in [-0.15, -0.1) is 11.3 Å². The number of hydrogen-bond acceptors (Lipinski definition) is 6. The normalized spacial score (nSPS) is 22.9. The summed E-state index contributed by atoms with van der Waals surface area (Å²) in [5, 5.41) is 1.01. The zero-order valence-corrected chi connectivity index (χ0v) is 15.0. The highest BCUT2D eigenvalue weighted by molar-refractivity contribution is 7.20. The van der Waals surface area contributed by atoms with Crippen molar-refractivity contribution in [1.82, 2.24) is 9.97 Å². The zero-order chi connectivity index (χ0) is 16.8. The summed E-state index contributed by atoms with van der Waals surface area (Å²) < 4.78 is 4.92. The van der Waals surface area contributed by atoms with Crippen LogP contribution in [0, 0.1) is 25.7 Å². The maximum atomic E-state index is 12.0. The Hall–Kier alpha value is -1.95. The number of aryl methyl sites for hydroxylation is 2. The Morgan fingerprint density at radius 3 is 2.50 bits per heavy atom. The number of ether oxygens (including phenoxy) is 1. The van der Waals surface area contributed by atoms with Gasteiger partial charge in [-0.1, -0.05) is 12.2 Å². The lowest BCUT2D eigenvalue weighted by molar-refractivity contribution is 0.0605. The third kappa shape index (κ3) is 2.40. The molecule has 0 amide bonds. The summed E-state index contributed by atoms with van der Waals surface area (Å²) in [5.74, 6) is 2.86. The minimum absolute atomic E-state index is 0.293. The lowest BCUT2D eigenvalue weighted by Gasteiger charge is -2.19. The van der Waals surface area contributed by atoms with Crippen molar-refractivity contribution >= 4 is 33.3 Å². The second-order valence-corrected chi connectivity index (χ2v) is 7.69. The number of methoxy groups -OCH3 is 1. The summed E-state index contributed by atoms with van der Waals surface area (Å²) in [6.07, 6.45) is 6.92. The highest BCUT2D eigenvalue weighted by Gasteiger charge is 2.35. The highest BCUT2D eigenvalue weighted by Crippen LogP contribution is 2.40. The standard InChI is InChI=1S/C18H21N3O2S/c1-10-14-16(21-8-12-6-4-5-7-13(12)9-21)19-11(2)20-17(14)24-15(10)18(22)23-3/h4-5,12-13H,6-9H2,1-3H3. The second kappa shape index (κ2) is 5.84. The molecular formula is C18H21N3O2S. The molecule has 2 atom stereocenters. The number of fused-ring (bicyclic) bond motifs is 2. The van der Waals surface area contributed by atoms with Gasteiger partial charge < -0.3 is 9.64 Å². The zero-order valence-electron chi connectivity index (χ0n) is 14.2. The maximum Gasteiger partial charge on any atom is 0.348 e. The lowest BCUT2D eigenvalue weighted by atomic mass is 9.86. The monoisotopic (exact) mass is 343 g/mol. The second-order valence-electron chi connectivity index (χ2n) is 6.69. The minimum atomic E-state index is -0.293. The van der Waals surface area contributed by atoms with Crippen LogP contribution >= 0.6 is 11.3 Å². The molecule has 0 bridgehead atoms. The molecule has 2 aromatic heterocycles. The largest absolute Gasteiger partial charge is 0.465 e. The van der Waals surface area contributed by atoms with Crippen LogP contribution < -0.4 is 4.90 Å². The van der Waals surface area contributed by atoms with Crippen molar-refractivity contribution in [2.45, 2.75) is 26.7 Å². The van der Waals surface area contributed by atoms with Gasteiger partial charge in [0.05, 0.1) is 12.5 Å². The topological polar surface area (TPSA) is 55.3 Å². The van der Waals surface area contributed by atoms with Gasteiger partial charge >= 0.3 is 5.97 Å². The first-order valence-corrected chi connectivity index (χ1v) is 9.16. The van der Waals surface area contributed by atoms with E-state index in [4.69, 9.17) is 9.72 Å². The molecule has 24 heavy (non-hydrogen) atoms. The van der Waals surface area contributed by atoms with E-state index in [1.807, 2.05) is 13.8 Å². The Morgan fingerprint density at radius 2 is 1.88 bits per heavy atom. The van der Waals surface area contributed by atoms with Crippen LogP contribution in [0.3, 0.4) is 0 Å². The van der Waals surface area contributed by atoms with Crippen LogP contribution in [0.5, 0.6) is 0 Å². The minimum Gasteiger partial charge on any atom is -0.465 e. The molecule has 126 valence electrons. The summed E-state index contributed by atoms with van der Waals surface area (Å²) in [7, 11) is 1.42. The number of hydrogen-bond donors (Lipinski definition) is 0. The first-order chi connectivity index (χ1) is 11.6. The van der Waals surface area contributed by atoms with E-state index in [9.17, 15) is 4.79 Å². The maximum absolute atomic E-state index is 12.0. The van der Waals surface area contributed by atoms with E-state index in [1.54, 1.807) is 0 Å². The van der Waals surface area contributed by atoms with Crippen molar-refractivity contribution in [1.29, 1.82) is 0 Å². The first kappa shape index (κ1) is 15.6. The van der Waals surface area contributed by atoms with Crippen molar-refractivity contribution in [3.8, 4) is 0 Å². The quantitative estimate of drug-likeness (QED) is 0.617. The number of carbonyl (C=O) groups excluding carboxylic acids is 1. The molecule has 1 fully saturated rings. The van der Waals surface area contributed by atoms with Gasteiger partial charge in [-0.05, 0) is 44.1 Å². The van der Waals surface area contributed by atoms with E-state index >= 15 is 0 Å². The summed E-state index contributed by atoms with van der Waals surface area (Å²) in [5.41, 5.74) is 0.935. The number of aromatic nitrogens is 2. The van der Waals surface area contributed by atoms with Gasteiger partial charge in [-0.2, -0.15) is 0 Å². The molecule has 1 aliphatic heterocycles. The van der Waals surface area contributed by atoms with E-state index < -0.39 is 0 Å². The third-order valence-electron chi connectivity index (χ3n) is 5.17. The molecule has 2 aliphatic rings. The van der Waals surface area contributed by atoms with Crippen molar-refractivity contribution in [3.05, 3.63) is 28.4 Å². The molecule has 0 radical (unpaired) electrons. The molecule has 1 aliphatic carbocycles. The lowest BCUT2D eigenvalue weighted by Crippen LogP contribution is -2.22. The van der Waals surface area contributed by atoms with Gasteiger partial charge in [0.1, 0.15) is 21.3 Å². The predicted octanol–water partition coefficient (Wildman–Crippen LogP) is 3.50. The summed E-state index contributed by atoms with van der Waals surface area (Å²) in [6.45, 7) is 5.95. The molecule has 2 unspecified atom stereocenters. The number of carbonyl (C=O) groups is 1. The van der Waals surface area contributed by atoms with Gasteiger partial charge in [-0.3, -0.25) is 0 Å². The molecule has 4 rings (SSSR count). The highest BCUT2D eigenvalue weighted by atomic mass is 32.1. The van der Waals surface area contributed by atoms with Gasteiger partial charge in [0.15, 0.2) is 0 Å². The fourth-order valence-corrected chi connectivity index (χ4v) is 5.06. The number of anilines is 1. The number of allylic oxidation sites excluding steroid dienone is 2. The molecule has 2 aromatic rings. The van der Waals surface area contributed by atoms with E-state index in [2.05, 4.69) is 22.0 Å². The van der Waals surface area contributed by atoms with Crippen molar-refractivity contribution in [2.24, 2.45) is 11.8 Å². The average molecular weight is 343 g/mol. The van der Waals surface area contributed by atoms with E-state index in [-0.39, 0.29) is 5.97 Å². The van der Waals surface area contributed by atoms with Crippen molar-refractivity contribution in [3.63, 3.8) is 0 Å². The van der Waals surface area contributed by atoms with Crippen molar-refractivity contribution in [2.75, 3.05) is 25.1 Å². The Bertz CT molecular complexity index is 826. The van der Waals surface area contributed by atoms with Gasteiger partial charge in [0, 0.05) is 13.1 Å². The third-order valence-corrected chi connectivity index (χ3v) is 6.34. The van der Waals surface area contributed by atoms with Crippen LogP contribution in [0.2, 0.25) is 0 Å². The molecule has 6 heteroatoms. The fraction of sp³-hybridized carbons (Fsp3) is 0.500. The van der Waals surface area contributed by atoms with Gasteiger partial charge in [-0.25, -0.2) is 14.8 Å². The Balaban J connectivity index is 1.80. The van der Waals surface area contributed by atoms with Crippen LogP contribution in [0.25, 0.3) is 10.2 Å². The predicted molar refractivity (Wildman–Crippen MR) is 95.8 cm³/mol. The Morgan fingerprint density at radius 1 is 1.21 bits per heavy atom. The number of rotatable bonds is 2. The van der Waals surface area contributed by atoms with Crippen LogP contribution in [0.15, 0.2) is 12.2 Å². The van der Waals surface area contributed by atoms with Crippen LogP contribution in [-0.2, 0) is 4.74 Å². The summed E-state index contributed by atoms with van der Waals surface area (Å²) in [4.78, 5) is 25.2. The fourth-order valence-electron chi connectivity index (χ4n) is 3.93. The van der Waals surface area contributed by atoms with Crippen LogP contribution in [-0.4, -0.2) is 36.1 Å². The number of thiophene rings is 1.